The minimum atomic E-state index is -0.396. The number of aliphatic hydroxyl groups is 1. The van der Waals surface area contributed by atoms with Crippen LogP contribution in [0.3, 0.4) is 0 Å². The second kappa shape index (κ2) is 15.7. The molecule has 2 amide bonds. The van der Waals surface area contributed by atoms with Crippen LogP contribution in [0, 0.1) is 0 Å². The van der Waals surface area contributed by atoms with E-state index in [-0.39, 0.29) is 29.2 Å². The second-order valence-corrected chi connectivity index (χ2v) is 15.6. The minimum absolute atomic E-state index is 0.0551. The molecule has 8 rings (SSSR count). The van der Waals surface area contributed by atoms with Crippen molar-refractivity contribution in [2.45, 2.75) is 57.9 Å². The number of benzene rings is 1. The normalized spacial score (nSPS) is 19.2. The van der Waals surface area contributed by atoms with E-state index in [4.69, 9.17) is 14.5 Å². The Kier molecular flexibility index (Phi) is 10.5. The minimum Gasteiger partial charge on any atom is -0.392 e. The molecule has 3 aromatic heterocycles. The molecule has 55 heavy (non-hydrogen) atoms. The van der Waals surface area contributed by atoms with E-state index in [0.29, 0.717) is 71.1 Å². The third-order valence-electron chi connectivity index (χ3n) is 11.1. The fourth-order valence-electron chi connectivity index (χ4n) is 8.29. The predicted octanol–water partition coefficient (Wildman–Crippen LogP) is 4.23. The molecule has 7 heterocycles. The highest BCUT2D eigenvalue weighted by Gasteiger charge is 2.35. The third kappa shape index (κ3) is 7.18. The fraction of sp³-hybridized carbons (Fsp3) is 0.425. The van der Waals surface area contributed by atoms with Crippen LogP contribution < -0.4 is 26.0 Å². The number of ether oxygens (including phenoxy) is 2. The fourth-order valence-corrected chi connectivity index (χ4v) is 9.57. The van der Waals surface area contributed by atoms with Gasteiger partial charge in [0.2, 0.25) is 5.91 Å². The number of piperazine rings is 1. The summed E-state index contributed by atoms with van der Waals surface area (Å²) in [6.07, 6.45) is 7.98. The molecule has 4 aliphatic rings. The molecule has 0 aliphatic carbocycles. The van der Waals surface area contributed by atoms with Gasteiger partial charge in [0.25, 0.3) is 11.5 Å². The molecule has 4 aromatic rings. The summed E-state index contributed by atoms with van der Waals surface area (Å²) in [5.41, 5.74) is 5.24. The van der Waals surface area contributed by atoms with Gasteiger partial charge in [-0.1, -0.05) is 6.58 Å². The van der Waals surface area contributed by atoms with Gasteiger partial charge >= 0.3 is 0 Å². The van der Waals surface area contributed by atoms with Gasteiger partial charge in [-0.2, -0.15) is 0 Å². The lowest BCUT2D eigenvalue weighted by molar-refractivity contribution is -0.111. The number of carbonyl (C=O) groups is 2. The molecule has 2 fully saturated rings. The first-order valence-corrected chi connectivity index (χ1v) is 19.7. The highest BCUT2D eigenvalue weighted by Crippen LogP contribution is 2.39. The first kappa shape index (κ1) is 37.0. The molecule has 0 unspecified atom stereocenters. The maximum absolute atomic E-state index is 13.9. The maximum Gasteiger partial charge on any atom is 0.293 e. The van der Waals surface area contributed by atoms with Gasteiger partial charge in [-0.25, -0.2) is 9.97 Å². The molecule has 288 valence electrons. The van der Waals surface area contributed by atoms with Crippen molar-refractivity contribution in [2.75, 3.05) is 66.4 Å². The zero-order valence-electron chi connectivity index (χ0n) is 31.2. The van der Waals surface area contributed by atoms with Crippen molar-refractivity contribution in [3.05, 3.63) is 86.1 Å². The highest BCUT2D eigenvalue weighted by molar-refractivity contribution is 7.14. The van der Waals surface area contributed by atoms with E-state index in [9.17, 15) is 19.5 Å². The van der Waals surface area contributed by atoms with E-state index in [0.717, 1.165) is 68.9 Å². The van der Waals surface area contributed by atoms with Crippen molar-refractivity contribution < 1.29 is 24.2 Å². The number of pyridine rings is 1. The largest absolute Gasteiger partial charge is 0.392 e. The van der Waals surface area contributed by atoms with Crippen LogP contribution in [0.25, 0.3) is 11.3 Å². The van der Waals surface area contributed by atoms with Gasteiger partial charge in [0.15, 0.2) is 5.82 Å². The number of hydrogen-bond donors (Lipinski definition) is 3. The third-order valence-corrected chi connectivity index (χ3v) is 12.4. The van der Waals surface area contributed by atoms with Crippen LogP contribution in [0.15, 0.2) is 54.1 Å². The van der Waals surface area contributed by atoms with Gasteiger partial charge in [0.05, 0.1) is 41.8 Å². The van der Waals surface area contributed by atoms with Crippen molar-refractivity contribution in [1.29, 1.82) is 0 Å². The first-order chi connectivity index (χ1) is 26.7. The Hall–Kier alpha value is -4.93. The van der Waals surface area contributed by atoms with E-state index in [1.54, 1.807) is 36.5 Å². The zero-order valence-corrected chi connectivity index (χ0v) is 32.0. The number of anilines is 5. The first-order valence-electron chi connectivity index (χ1n) is 18.9. The number of aliphatic hydroxyl groups excluding tert-OH is 1. The van der Waals surface area contributed by atoms with E-state index >= 15 is 0 Å². The highest BCUT2D eigenvalue weighted by atomic mass is 32.1. The Balaban J connectivity index is 1.07. The number of rotatable bonds is 9. The lowest BCUT2D eigenvalue weighted by Crippen LogP contribution is -2.56. The predicted molar refractivity (Wildman–Crippen MR) is 212 cm³/mol. The van der Waals surface area contributed by atoms with E-state index < -0.39 is 6.61 Å². The van der Waals surface area contributed by atoms with Crippen LogP contribution in [0.5, 0.6) is 0 Å². The van der Waals surface area contributed by atoms with Gasteiger partial charge < -0.3 is 34.7 Å². The summed E-state index contributed by atoms with van der Waals surface area (Å²) in [5.74, 6) is -0.0674. The van der Waals surface area contributed by atoms with Crippen molar-refractivity contribution in [3.63, 3.8) is 0 Å². The molecule has 0 saturated carbocycles. The summed E-state index contributed by atoms with van der Waals surface area (Å²) in [6.45, 7) is 11.2. The Morgan fingerprint density at radius 2 is 1.93 bits per heavy atom. The number of fused-ring (bicyclic) bond motifs is 3. The van der Waals surface area contributed by atoms with E-state index in [1.165, 1.54) is 26.9 Å². The number of thiophene rings is 1. The van der Waals surface area contributed by atoms with Gasteiger partial charge in [0.1, 0.15) is 5.82 Å². The summed E-state index contributed by atoms with van der Waals surface area (Å²) in [5, 5.41) is 16.9. The van der Waals surface area contributed by atoms with Crippen LogP contribution in [0.4, 0.5) is 28.7 Å². The maximum atomic E-state index is 13.9. The lowest BCUT2D eigenvalue weighted by Gasteiger charge is -2.45. The molecule has 1 aromatic carbocycles. The molecule has 0 radical (unpaired) electrons. The average molecular weight is 767 g/mol. The lowest BCUT2D eigenvalue weighted by atomic mass is 9.99. The molecule has 4 aliphatic heterocycles. The summed E-state index contributed by atoms with van der Waals surface area (Å²) < 4.78 is 12.7. The molecule has 0 bridgehead atoms. The van der Waals surface area contributed by atoms with Crippen molar-refractivity contribution in [2.24, 2.45) is 7.05 Å². The van der Waals surface area contributed by atoms with Crippen LogP contribution in [-0.2, 0) is 47.4 Å². The Morgan fingerprint density at radius 3 is 2.71 bits per heavy atom. The van der Waals surface area contributed by atoms with Crippen LogP contribution in [-0.4, -0.2) is 94.4 Å². The molecule has 15 heteroatoms. The monoisotopic (exact) mass is 766 g/mol. The van der Waals surface area contributed by atoms with Gasteiger partial charge in [-0.15, -0.1) is 11.3 Å². The quantitative estimate of drug-likeness (QED) is 0.210. The number of aryl methyl sites for hydroxylation is 1. The molecule has 1 atom stereocenters. The van der Waals surface area contributed by atoms with Crippen LogP contribution >= 0.6 is 11.3 Å². The smallest absolute Gasteiger partial charge is 0.293 e. The van der Waals surface area contributed by atoms with E-state index in [2.05, 4.69) is 38.9 Å². The molecule has 14 nitrogen and oxygen atoms in total. The zero-order chi connectivity index (χ0) is 38.2. The molecule has 3 N–H and O–H groups in total. The average Bonchev–Trinajstić information content (AvgIpc) is 3.59. The summed E-state index contributed by atoms with van der Waals surface area (Å²) >= 11 is 1.53. The van der Waals surface area contributed by atoms with Gasteiger partial charge in [-0.3, -0.25) is 24.2 Å². The van der Waals surface area contributed by atoms with Gasteiger partial charge in [-0.05, 0) is 67.7 Å². The number of amides is 2. The van der Waals surface area contributed by atoms with Crippen molar-refractivity contribution in [3.8, 4) is 11.3 Å². The molecular formula is C40H46N8O6S. The second-order valence-electron chi connectivity index (χ2n) is 14.5. The van der Waals surface area contributed by atoms with Crippen LogP contribution in [0.2, 0.25) is 0 Å². The van der Waals surface area contributed by atoms with E-state index in [1.807, 2.05) is 12.1 Å². The number of carbonyl (C=O) groups excluding carboxylic acids is 2. The van der Waals surface area contributed by atoms with Crippen molar-refractivity contribution in [1.82, 2.24) is 19.4 Å². The summed E-state index contributed by atoms with van der Waals surface area (Å²) in [7, 11) is 1.64. The molecule has 0 spiro atoms. The van der Waals surface area contributed by atoms with Crippen molar-refractivity contribution >= 4 is 51.8 Å². The Morgan fingerprint density at radius 1 is 1.09 bits per heavy atom. The number of hydrogen-bond acceptors (Lipinski definition) is 12. The SMILES string of the molecule is C=CC(=O)Nc1cc(Nc2nc(-c3ccnc(N4CCc5c(sc6c5COCC6)C4=O)c3CO)cn(C)c2=O)ccc1N1CCN(C2CCOCC2)C[C@@H]1C. The topological polar surface area (TPSA) is 154 Å². The number of nitrogens with zero attached hydrogens (tertiary/aromatic N) is 6. The standard InChI is InChI=1S/C40H46N8O6S/c1-4-35(50)43-31-19-25(5-6-33(31)47-15-14-46(20-24(47)2)26-9-16-53-17-10-26)42-37-40(52)45(3)21-32(44-37)27-7-12-41-38(29(27)22-49)48-13-8-28-30-23-54-18-11-34(30)55-36(28)39(48)51/h4-7,12,19,21,24,26,49H,1,8-11,13-18,20,22-23H2,2-3H3,(H,42,44)(H,43,50)/t24-/m0/s1. The summed E-state index contributed by atoms with van der Waals surface area (Å²) in [4.78, 5) is 57.8. The Bertz CT molecular complexity index is 2200. The van der Waals surface area contributed by atoms with Crippen LogP contribution in [0.1, 0.15) is 51.0 Å². The Labute approximate surface area is 323 Å². The van der Waals surface area contributed by atoms with Gasteiger partial charge in [0, 0.05) is 99.0 Å². The molecule has 2 saturated heterocycles. The molecular weight excluding hydrogens is 721 g/mol. The number of aromatic nitrogens is 3. The summed E-state index contributed by atoms with van der Waals surface area (Å²) in [6, 6.07) is 8.07. The number of nitrogens with one attached hydrogen (secondary N) is 2.